The fourth-order valence-electron chi connectivity index (χ4n) is 5.33. The zero-order chi connectivity index (χ0) is 32.0. The van der Waals surface area contributed by atoms with Crippen molar-refractivity contribution in [2.45, 2.75) is 73.6 Å². The Hall–Kier alpha value is -3.06. The van der Waals surface area contributed by atoms with Gasteiger partial charge >= 0.3 is 0 Å². The minimum Gasteiger partial charge on any atom is -0.507 e. The average Bonchev–Trinajstić information content (AvgIpc) is 2.98. The summed E-state index contributed by atoms with van der Waals surface area (Å²) in [5, 5.41) is 116. The highest BCUT2D eigenvalue weighted by molar-refractivity contribution is 6.28. The molecule has 1 aliphatic carbocycles. The molecule has 15 nitrogen and oxygen atoms in total. The van der Waals surface area contributed by atoms with Gasteiger partial charge in [0, 0.05) is 0 Å². The van der Waals surface area contributed by atoms with Crippen molar-refractivity contribution >= 4 is 17.6 Å². The molecule has 15 heteroatoms. The van der Waals surface area contributed by atoms with E-state index in [1.807, 2.05) is 6.92 Å². The van der Waals surface area contributed by atoms with Gasteiger partial charge in [-0.3, -0.25) is 9.59 Å². The van der Waals surface area contributed by atoms with Gasteiger partial charge in [0.2, 0.25) is 17.2 Å². The van der Waals surface area contributed by atoms with Crippen molar-refractivity contribution in [1.29, 1.82) is 0 Å². The number of hydrogen-bond donors (Lipinski definition) is 11. The Labute approximate surface area is 244 Å². The van der Waals surface area contributed by atoms with Crippen molar-refractivity contribution in [3.8, 4) is 0 Å². The van der Waals surface area contributed by atoms with Crippen LogP contribution in [0.5, 0.6) is 0 Å². The van der Waals surface area contributed by atoms with Crippen LogP contribution in [-0.2, 0) is 19.1 Å². The second-order valence-corrected chi connectivity index (χ2v) is 10.7. The van der Waals surface area contributed by atoms with Crippen molar-refractivity contribution in [3.05, 3.63) is 64.1 Å². The molecule has 4 rings (SSSR count). The molecule has 2 heterocycles. The molecule has 0 radical (unpaired) electrons. The molecule has 1 aromatic carbocycles. The number of ether oxygens (including phenoxy) is 2. The molecule has 236 valence electrons. The lowest BCUT2D eigenvalue weighted by molar-refractivity contribution is -0.261. The summed E-state index contributed by atoms with van der Waals surface area (Å²) in [5.41, 5.74) is -4.43. The van der Waals surface area contributed by atoms with Gasteiger partial charge < -0.3 is 65.6 Å². The minimum atomic E-state index is -3.60. The molecule has 3 aliphatic rings. The quantitative estimate of drug-likeness (QED) is 0.0837. The second-order valence-electron chi connectivity index (χ2n) is 10.7. The van der Waals surface area contributed by atoms with Crippen molar-refractivity contribution in [1.82, 2.24) is 0 Å². The number of allylic oxidation sites excluding steroid dienone is 2. The van der Waals surface area contributed by atoms with Crippen LogP contribution in [-0.4, -0.2) is 148 Å². The van der Waals surface area contributed by atoms with Crippen molar-refractivity contribution < 1.29 is 75.2 Å². The summed E-state index contributed by atoms with van der Waals surface area (Å²) in [6.45, 7) is -0.130. The lowest BCUT2D eigenvalue weighted by Crippen LogP contribution is -2.72. The first-order chi connectivity index (χ1) is 20.2. The summed E-state index contributed by atoms with van der Waals surface area (Å²) < 4.78 is 10.7. The summed E-state index contributed by atoms with van der Waals surface area (Å²) in [4.78, 5) is 27.7. The van der Waals surface area contributed by atoms with Gasteiger partial charge in [0.25, 0.3) is 0 Å². The SMILES string of the molecule is Cc1ccc(/C=C/C(O)=C2C(=O)C(O)(C3OC(CO)C(O)C(O)C3O)C(=O)C(C3OC(CO)C(O)C(O)C3O)=C2O)cc1. The Bertz CT molecular complexity index is 1320. The molecular formula is C28H34O15. The third kappa shape index (κ3) is 5.54. The van der Waals surface area contributed by atoms with E-state index in [-0.39, 0.29) is 0 Å². The van der Waals surface area contributed by atoms with Crippen LogP contribution < -0.4 is 0 Å². The predicted octanol–water partition coefficient (Wildman–Crippen LogP) is -3.80. The van der Waals surface area contributed by atoms with Gasteiger partial charge in [0.15, 0.2) is 0 Å². The molecule has 1 aromatic rings. The smallest absolute Gasteiger partial charge is 0.219 e. The average molecular weight is 611 g/mol. The lowest BCUT2D eigenvalue weighted by Gasteiger charge is -2.48. The van der Waals surface area contributed by atoms with Crippen LogP contribution in [0.2, 0.25) is 0 Å². The molecule has 11 N–H and O–H groups in total. The van der Waals surface area contributed by atoms with Crippen LogP contribution in [0.4, 0.5) is 0 Å². The number of aliphatic hydroxyl groups is 11. The summed E-state index contributed by atoms with van der Waals surface area (Å²) in [6.07, 6.45) is -18.3. The topological polar surface area (TPSA) is 275 Å². The Morgan fingerprint density at radius 3 is 1.91 bits per heavy atom. The van der Waals surface area contributed by atoms with Crippen LogP contribution in [0.15, 0.2) is 53.0 Å². The Balaban J connectivity index is 1.92. The first kappa shape index (κ1) is 32.8. The summed E-state index contributed by atoms with van der Waals surface area (Å²) >= 11 is 0. The Kier molecular flexibility index (Phi) is 9.55. The highest BCUT2D eigenvalue weighted by Crippen LogP contribution is 2.42. The largest absolute Gasteiger partial charge is 0.507 e. The zero-order valence-electron chi connectivity index (χ0n) is 22.7. The summed E-state index contributed by atoms with van der Waals surface area (Å²) in [6, 6.07) is 6.77. The van der Waals surface area contributed by atoms with Gasteiger partial charge in [0.05, 0.1) is 18.8 Å². The number of aryl methyl sites for hydroxylation is 1. The molecule has 0 aromatic heterocycles. The van der Waals surface area contributed by atoms with Gasteiger partial charge in [-0.15, -0.1) is 0 Å². The second kappa shape index (κ2) is 12.5. The van der Waals surface area contributed by atoms with Crippen LogP contribution in [0.3, 0.4) is 0 Å². The fourth-order valence-corrected chi connectivity index (χ4v) is 5.33. The first-order valence-electron chi connectivity index (χ1n) is 13.2. The highest BCUT2D eigenvalue weighted by atomic mass is 16.6. The number of carbonyl (C=O) groups is 2. The maximum Gasteiger partial charge on any atom is 0.219 e. The molecule has 11 unspecified atom stereocenters. The lowest BCUT2D eigenvalue weighted by atomic mass is 9.69. The molecule has 43 heavy (non-hydrogen) atoms. The van der Waals surface area contributed by atoms with Gasteiger partial charge in [-0.25, -0.2) is 0 Å². The van der Waals surface area contributed by atoms with Gasteiger partial charge in [-0.05, 0) is 18.6 Å². The monoisotopic (exact) mass is 610 g/mol. The number of rotatable bonds is 6. The van der Waals surface area contributed by atoms with Gasteiger partial charge in [-0.1, -0.05) is 35.9 Å². The molecule has 2 fully saturated rings. The number of aliphatic hydroxyl groups excluding tert-OH is 10. The Morgan fingerprint density at radius 1 is 0.814 bits per heavy atom. The number of carbonyl (C=O) groups excluding carboxylic acids is 2. The molecular weight excluding hydrogens is 576 g/mol. The van der Waals surface area contributed by atoms with Crippen molar-refractivity contribution in [2.24, 2.45) is 0 Å². The number of benzene rings is 1. The van der Waals surface area contributed by atoms with Crippen LogP contribution in [0, 0.1) is 6.92 Å². The van der Waals surface area contributed by atoms with E-state index in [9.17, 15) is 65.8 Å². The van der Waals surface area contributed by atoms with E-state index in [0.29, 0.717) is 5.56 Å². The third-order valence-corrected chi connectivity index (χ3v) is 7.90. The summed E-state index contributed by atoms with van der Waals surface area (Å²) in [7, 11) is 0. The van der Waals surface area contributed by atoms with E-state index in [1.54, 1.807) is 24.3 Å². The van der Waals surface area contributed by atoms with E-state index < -0.39 is 114 Å². The van der Waals surface area contributed by atoms with Crippen LogP contribution >= 0.6 is 0 Å². The summed E-state index contributed by atoms with van der Waals surface area (Å²) in [5.74, 6) is -5.86. The van der Waals surface area contributed by atoms with Crippen molar-refractivity contribution in [3.63, 3.8) is 0 Å². The maximum atomic E-state index is 13.9. The first-order valence-corrected chi connectivity index (χ1v) is 13.2. The third-order valence-electron chi connectivity index (χ3n) is 7.90. The maximum absolute atomic E-state index is 13.9. The number of hydrogen-bond acceptors (Lipinski definition) is 15. The standard InChI is InChI=1S/C28H34O15/c1-10-2-4-11(5-3-10)6-7-12(31)15-19(34)16(24-22(37)20(35)17(32)13(8-29)42-24)26(40)28(41,25(15)39)27-23(38)21(36)18(33)14(9-30)43-27/h2-7,13-14,17-18,20-24,27,29-38,41H,8-9H2,1H3/b7-6+,15-12?. The van der Waals surface area contributed by atoms with Crippen LogP contribution in [0.1, 0.15) is 11.1 Å². The molecule has 11 atom stereocenters. The Morgan fingerprint density at radius 2 is 1.35 bits per heavy atom. The number of Topliss-reactive ketones (excluding diaryl/α,β-unsaturated/α-hetero) is 2. The molecule has 0 saturated carbocycles. The van der Waals surface area contributed by atoms with E-state index in [2.05, 4.69) is 0 Å². The number of ketones is 2. The van der Waals surface area contributed by atoms with E-state index in [4.69, 9.17) is 9.47 Å². The normalized spacial score (nSPS) is 40.3. The van der Waals surface area contributed by atoms with Gasteiger partial charge in [0.1, 0.15) is 78.1 Å². The minimum absolute atomic E-state index is 0.513. The van der Waals surface area contributed by atoms with E-state index >= 15 is 0 Å². The van der Waals surface area contributed by atoms with Gasteiger partial charge in [-0.2, -0.15) is 0 Å². The van der Waals surface area contributed by atoms with E-state index in [1.165, 1.54) is 6.08 Å². The molecule has 2 aliphatic heterocycles. The van der Waals surface area contributed by atoms with E-state index in [0.717, 1.165) is 11.6 Å². The molecule has 0 bridgehead atoms. The molecule has 0 spiro atoms. The van der Waals surface area contributed by atoms with Crippen LogP contribution in [0.25, 0.3) is 6.08 Å². The molecule has 2 saturated heterocycles. The highest BCUT2D eigenvalue weighted by Gasteiger charge is 2.65. The fraction of sp³-hybridized carbons (Fsp3) is 0.500. The van der Waals surface area contributed by atoms with Crippen molar-refractivity contribution in [2.75, 3.05) is 13.2 Å². The predicted molar refractivity (Wildman–Crippen MR) is 142 cm³/mol. The molecule has 0 amide bonds. The zero-order valence-corrected chi connectivity index (χ0v) is 22.7.